The van der Waals surface area contributed by atoms with Crippen molar-refractivity contribution >= 4 is 33.9 Å². The van der Waals surface area contributed by atoms with Gasteiger partial charge in [-0.15, -0.1) is 0 Å². The Kier molecular flexibility index (Phi) is 6.98. The van der Waals surface area contributed by atoms with Crippen LogP contribution < -0.4 is 20.7 Å². The van der Waals surface area contributed by atoms with Gasteiger partial charge in [0.2, 0.25) is 0 Å². The smallest absolute Gasteiger partial charge is 0.166 e. The lowest BCUT2D eigenvalue weighted by atomic mass is 9.53. The first-order valence-corrected chi connectivity index (χ1v) is 14.8. The number of aromatic nitrogens is 1. The number of thiocarbonyl (C=S) groups is 1. The van der Waals surface area contributed by atoms with E-state index in [0.717, 1.165) is 72.9 Å². The lowest BCUT2D eigenvalue weighted by molar-refractivity contribution is -0.0101. The van der Waals surface area contributed by atoms with Gasteiger partial charge in [-0.3, -0.25) is 4.98 Å². The predicted molar refractivity (Wildman–Crippen MR) is 152 cm³/mol. The van der Waals surface area contributed by atoms with Gasteiger partial charge in [-0.1, -0.05) is 0 Å². The number of hydrogen-bond donors (Lipinski definition) is 3. The van der Waals surface area contributed by atoms with Crippen molar-refractivity contribution in [2.24, 2.45) is 17.8 Å². The van der Waals surface area contributed by atoms with Crippen LogP contribution in [-0.2, 0) is 12.8 Å². The molecule has 194 valence electrons. The maximum Gasteiger partial charge on any atom is 0.166 e. The number of nitrogens with one attached hydrogen (secondary N) is 3. The van der Waals surface area contributed by atoms with Gasteiger partial charge in [-0.05, 0) is 137 Å². The normalized spacial score (nSPS) is 28.1. The molecule has 5 nitrogen and oxygen atoms in total. The number of nitrogens with zero attached hydrogens (tertiary/aromatic N) is 1. The molecular formula is C30H42N4OS. The molecule has 7 rings (SSSR count). The van der Waals surface area contributed by atoms with Crippen LogP contribution in [0.1, 0.15) is 81.9 Å². The van der Waals surface area contributed by atoms with Crippen molar-refractivity contribution in [3.05, 3.63) is 29.5 Å². The van der Waals surface area contributed by atoms with E-state index in [1.807, 2.05) is 6.07 Å². The second-order valence-electron chi connectivity index (χ2n) is 12.1. The van der Waals surface area contributed by atoms with Gasteiger partial charge in [0, 0.05) is 35.4 Å². The average Bonchev–Trinajstić information content (AvgIpc) is 2.86. The monoisotopic (exact) mass is 506 g/mol. The summed E-state index contributed by atoms with van der Waals surface area (Å²) in [6.45, 7) is 1.95. The van der Waals surface area contributed by atoms with Crippen LogP contribution in [0.5, 0.6) is 5.75 Å². The highest BCUT2D eigenvalue weighted by molar-refractivity contribution is 7.80. The number of hydrogen-bond acceptors (Lipinski definition) is 4. The van der Waals surface area contributed by atoms with Crippen LogP contribution in [0.3, 0.4) is 0 Å². The van der Waals surface area contributed by atoms with Gasteiger partial charge < -0.3 is 20.7 Å². The fourth-order valence-electron chi connectivity index (χ4n) is 8.12. The quantitative estimate of drug-likeness (QED) is 0.281. The Hall–Kier alpha value is -2.08. The predicted octanol–water partition coefficient (Wildman–Crippen LogP) is 6.14. The molecule has 0 saturated heterocycles. The molecule has 0 aliphatic heterocycles. The van der Waals surface area contributed by atoms with E-state index in [1.54, 1.807) is 7.11 Å². The molecule has 0 unspecified atom stereocenters. The minimum atomic E-state index is 0.303. The number of unbranched alkanes of at least 4 members (excludes halogenated alkanes) is 2. The number of methoxy groups -OCH3 is 1. The SMILES string of the molecule is COc1ccc2nc3c(c(NCCCCCNC(=S)NC45CC6CC(CC(C6)C4)C5)c2c1)CCCC3. The lowest BCUT2D eigenvalue weighted by Crippen LogP contribution is -2.61. The van der Waals surface area contributed by atoms with E-state index in [4.69, 9.17) is 21.9 Å². The fraction of sp³-hybridized carbons (Fsp3) is 0.667. The first kappa shape index (κ1) is 24.3. The van der Waals surface area contributed by atoms with Crippen LogP contribution in [0.2, 0.25) is 0 Å². The maximum absolute atomic E-state index is 5.73. The van der Waals surface area contributed by atoms with Crippen molar-refractivity contribution in [1.82, 2.24) is 15.6 Å². The Labute approximate surface area is 221 Å². The summed E-state index contributed by atoms with van der Waals surface area (Å²) >= 11 is 5.73. The molecule has 4 bridgehead atoms. The Balaban J connectivity index is 0.971. The zero-order valence-electron chi connectivity index (χ0n) is 21.8. The molecule has 3 N–H and O–H groups in total. The molecule has 1 aromatic heterocycles. The van der Waals surface area contributed by atoms with Crippen LogP contribution in [0.15, 0.2) is 18.2 Å². The third-order valence-electron chi connectivity index (χ3n) is 9.33. The van der Waals surface area contributed by atoms with Crippen molar-refractivity contribution in [3.63, 3.8) is 0 Å². The number of anilines is 1. The Bertz CT molecular complexity index is 1080. The van der Waals surface area contributed by atoms with Crippen molar-refractivity contribution in [2.45, 2.75) is 89.0 Å². The maximum atomic E-state index is 5.73. The first-order valence-electron chi connectivity index (χ1n) is 14.4. The van der Waals surface area contributed by atoms with E-state index in [9.17, 15) is 0 Å². The molecule has 0 atom stereocenters. The van der Waals surface area contributed by atoms with E-state index in [-0.39, 0.29) is 0 Å². The summed E-state index contributed by atoms with van der Waals surface area (Å²) in [4.78, 5) is 4.98. The van der Waals surface area contributed by atoms with Crippen molar-refractivity contribution in [2.75, 3.05) is 25.5 Å². The van der Waals surface area contributed by atoms with Gasteiger partial charge in [0.05, 0.1) is 12.6 Å². The summed E-state index contributed by atoms with van der Waals surface area (Å²) in [5, 5.41) is 13.2. The van der Waals surface area contributed by atoms with E-state index in [1.165, 1.54) is 80.1 Å². The van der Waals surface area contributed by atoms with E-state index < -0.39 is 0 Å². The molecule has 1 aromatic carbocycles. The number of pyridine rings is 1. The Morgan fingerprint density at radius 2 is 1.72 bits per heavy atom. The van der Waals surface area contributed by atoms with Crippen LogP contribution >= 0.6 is 12.2 Å². The lowest BCUT2D eigenvalue weighted by Gasteiger charge is -2.57. The summed E-state index contributed by atoms with van der Waals surface area (Å²) in [5.74, 6) is 3.74. The zero-order chi connectivity index (χ0) is 24.5. The molecule has 4 saturated carbocycles. The minimum absolute atomic E-state index is 0.303. The van der Waals surface area contributed by atoms with Crippen LogP contribution in [0.25, 0.3) is 10.9 Å². The third-order valence-corrected chi connectivity index (χ3v) is 9.57. The van der Waals surface area contributed by atoms with Crippen LogP contribution in [-0.4, -0.2) is 35.8 Å². The van der Waals surface area contributed by atoms with Gasteiger partial charge >= 0.3 is 0 Å². The van der Waals surface area contributed by atoms with Gasteiger partial charge in [0.15, 0.2) is 5.11 Å². The van der Waals surface area contributed by atoms with E-state index in [2.05, 4.69) is 28.1 Å². The molecule has 0 amide bonds. The van der Waals surface area contributed by atoms with Gasteiger partial charge in [-0.2, -0.15) is 0 Å². The highest BCUT2D eigenvalue weighted by Crippen LogP contribution is 2.55. The summed E-state index contributed by atoms with van der Waals surface area (Å²) < 4.78 is 5.51. The molecule has 36 heavy (non-hydrogen) atoms. The average molecular weight is 507 g/mol. The first-order chi connectivity index (χ1) is 17.6. The number of rotatable bonds is 9. The second kappa shape index (κ2) is 10.4. The number of ether oxygens (including phenoxy) is 1. The fourth-order valence-corrected chi connectivity index (χ4v) is 8.44. The standard InChI is InChI=1S/C30H42N4OS/c1-35-23-9-10-27-25(16-23)28(24-7-3-4-8-26(24)33-27)31-11-5-2-6-12-32-29(36)34-30-17-20-13-21(18-30)15-22(14-20)19-30/h9-10,16,20-22H,2-8,11-15,17-19H2,1H3,(H,31,33)(H2,32,34,36). The van der Waals surface area contributed by atoms with Crippen molar-refractivity contribution in [1.29, 1.82) is 0 Å². The molecule has 6 heteroatoms. The second-order valence-corrected chi connectivity index (χ2v) is 12.5. The molecule has 2 aromatic rings. The third kappa shape index (κ3) is 5.03. The number of fused-ring (bicyclic) bond motifs is 2. The highest BCUT2D eigenvalue weighted by atomic mass is 32.1. The zero-order valence-corrected chi connectivity index (χ0v) is 22.7. The Morgan fingerprint density at radius 3 is 2.47 bits per heavy atom. The molecule has 5 aliphatic rings. The molecule has 5 aliphatic carbocycles. The van der Waals surface area contributed by atoms with Crippen molar-refractivity contribution < 1.29 is 4.74 Å². The number of benzene rings is 1. The Morgan fingerprint density at radius 1 is 1.00 bits per heavy atom. The molecule has 0 radical (unpaired) electrons. The van der Waals surface area contributed by atoms with Crippen LogP contribution in [0, 0.1) is 17.8 Å². The molecule has 1 heterocycles. The molecule has 4 fully saturated rings. The summed E-state index contributed by atoms with van der Waals surface area (Å²) in [6.07, 6.45) is 16.6. The van der Waals surface area contributed by atoms with E-state index >= 15 is 0 Å². The number of aryl methyl sites for hydroxylation is 1. The molecule has 0 spiro atoms. The van der Waals surface area contributed by atoms with Gasteiger partial charge in [0.1, 0.15) is 5.75 Å². The topological polar surface area (TPSA) is 58.2 Å². The summed E-state index contributed by atoms with van der Waals surface area (Å²) in [7, 11) is 1.73. The minimum Gasteiger partial charge on any atom is -0.497 e. The van der Waals surface area contributed by atoms with Gasteiger partial charge in [0.25, 0.3) is 0 Å². The summed E-state index contributed by atoms with van der Waals surface area (Å²) in [5.41, 5.74) is 5.36. The highest BCUT2D eigenvalue weighted by Gasteiger charge is 2.51. The van der Waals surface area contributed by atoms with Crippen molar-refractivity contribution in [3.8, 4) is 5.75 Å². The van der Waals surface area contributed by atoms with Crippen LogP contribution in [0.4, 0.5) is 5.69 Å². The molecular weight excluding hydrogens is 464 g/mol. The van der Waals surface area contributed by atoms with Gasteiger partial charge in [-0.25, -0.2) is 0 Å². The largest absolute Gasteiger partial charge is 0.497 e. The van der Waals surface area contributed by atoms with E-state index in [0.29, 0.717) is 5.54 Å². The summed E-state index contributed by atoms with van der Waals surface area (Å²) in [6, 6.07) is 6.26.